The highest BCUT2D eigenvalue weighted by molar-refractivity contribution is 6.10. The number of fused-ring (bicyclic) bond motifs is 1. The van der Waals surface area contributed by atoms with Crippen molar-refractivity contribution in [1.29, 1.82) is 0 Å². The first-order chi connectivity index (χ1) is 10.6. The number of benzene rings is 2. The number of Topliss-reactive ketones (excluding diaryl/α,β-unsaturated/α-hetero) is 1. The lowest BCUT2D eigenvalue weighted by atomic mass is 9.95. The summed E-state index contributed by atoms with van der Waals surface area (Å²) < 4.78 is 0. The van der Waals surface area contributed by atoms with Gasteiger partial charge >= 0.3 is 0 Å². The Morgan fingerprint density at radius 1 is 1.14 bits per heavy atom. The van der Waals surface area contributed by atoms with E-state index in [1.54, 1.807) is 4.90 Å². The van der Waals surface area contributed by atoms with Gasteiger partial charge in [0.15, 0.2) is 0 Å². The summed E-state index contributed by atoms with van der Waals surface area (Å²) in [7, 11) is 0. The largest absolute Gasteiger partial charge is 0.304 e. The normalized spacial score (nSPS) is 14.8. The van der Waals surface area contributed by atoms with Gasteiger partial charge in [0, 0.05) is 23.6 Å². The molecule has 3 rings (SSSR count). The summed E-state index contributed by atoms with van der Waals surface area (Å²) in [6, 6.07) is 15.5. The van der Waals surface area contributed by atoms with Crippen molar-refractivity contribution in [3.8, 4) is 0 Å². The molecule has 0 N–H and O–H groups in total. The monoisotopic (exact) mass is 293 g/mol. The maximum atomic E-state index is 12.4. The molecule has 1 atom stereocenters. The summed E-state index contributed by atoms with van der Waals surface area (Å²) in [5.74, 6) is 0.184. The summed E-state index contributed by atoms with van der Waals surface area (Å²) in [6.07, 6.45) is 0.544. The molecular weight excluding hydrogens is 274 g/mol. The van der Waals surface area contributed by atoms with Gasteiger partial charge in [-0.25, -0.2) is 0 Å². The van der Waals surface area contributed by atoms with Crippen molar-refractivity contribution in [3.05, 3.63) is 65.2 Å². The van der Waals surface area contributed by atoms with E-state index >= 15 is 0 Å². The van der Waals surface area contributed by atoms with E-state index in [0.717, 1.165) is 22.4 Å². The standard InChI is InChI=1S/C19H19NO2/c1-3-18(21)13(2)14-8-10-16(11-9-14)20-12-15-6-4-5-7-17(15)19(20)22/h4-11,13H,3,12H2,1-2H3. The lowest BCUT2D eigenvalue weighted by Gasteiger charge is -2.17. The van der Waals surface area contributed by atoms with Crippen molar-refractivity contribution in [2.75, 3.05) is 4.90 Å². The van der Waals surface area contributed by atoms with E-state index in [0.29, 0.717) is 13.0 Å². The SMILES string of the molecule is CCC(=O)C(C)c1ccc(N2Cc3ccccc3C2=O)cc1. The van der Waals surface area contributed by atoms with Crippen molar-refractivity contribution in [1.82, 2.24) is 0 Å². The van der Waals surface area contributed by atoms with Gasteiger partial charge in [0.05, 0.1) is 6.54 Å². The van der Waals surface area contributed by atoms with Crippen molar-refractivity contribution in [2.24, 2.45) is 0 Å². The number of nitrogens with zero attached hydrogens (tertiary/aromatic N) is 1. The van der Waals surface area contributed by atoms with Crippen LogP contribution in [-0.4, -0.2) is 11.7 Å². The molecule has 112 valence electrons. The van der Waals surface area contributed by atoms with Crippen LogP contribution in [0.25, 0.3) is 0 Å². The van der Waals surface area contributed by atoms with Gasteiger partial charge in [-0.15, -0.1) is 0 Å². The molecule has 0 fully saturated rings. The van der Waals surface area contributed by atoms with Crippen LogP contribution >= 0.6 is 0 Å². The molecule has 1 heterocycles. The molecule has 1 aliphatic rings. The Hall–Kier alpha value is -2.42. The molecule has 0 saturated heterocycles. The van der Waals surface area contributed by atoms with Crippen LogP contribution in [0.4, 0.5) is 5.69 Å². The number of carbonyl (C=O) groups excluding carboxylic acids is 2. The molecule has 2 aromatic rings. The first-order valence-electron chi connectivity index (χ1n) is 7.64. The smallest absolute Gasteiger partial charge is 0.258 e. The highest BCUT2D eigenvalue weighted by atomic mass is 16.2. The third-order valence-corrected chi connectivity index (χ3v) is 4.36. The van der Waals surface area contributed by atoms with Crippen LogP contribution in [0.1, 0.15) is 47.7 Å². The predicted molar refractivity (Wildman–Crippen MR) is 87.1 cm³/mol. The van der Waals surface area contributed by atoms with E-state index in [4.69, 9.17) is 0 Å². The molecule has 22 heavy (non-hydrogen) atoms. The average Bonchev–Trinajstić information content (AvgIpc) is 2.91. The van der Waals surface area contributed by atoms with Gasteiger partial charge < -0.3 is 4.90 Å². The van der Waals surface area contributed by atoms with Crippen LogP contribution in [0, 0.1) is 0 Å². The minimum Gasteiger partial charge on any atom is -0.304 e. The Kier molecular flexibility index (Phi) is 3.80. The number of anilines is 1. The summed E-state index contributed by atoms with van der Waals surface area (Å²) >= 11 is 0. The molecule has 1 unspecified atom stereocenters. The summed E-state index contributed by atoms with van der Waals surface area (Å²) in [5.41, 5.74) is 3.72. The van der Waals surface area contributed by atoms with Gasteiger partial charge in [0.25, 0.3) is 5.91 Å². The predicted octanol–water partition coefficient (Wildman–Crippen LogP) is 3.93. The van der Waals surface area contributed by atoms with Crippen molar-refractivity contribution in [2.45, 2.75) is 32.7 Å². The highest BCUT2D eigenvalue weighted by Gasteiger charge is 2.27. The molecule has 2 aromatic carbocycles. The average molecular weight is 293 g/mol. The Labute approximate surface area is 130 Å². The first kappa shape index (κ1) is 14.5. The van der Waals surface area contributed by atoms with Crippen LogP contribution in [0.15, 0.2) is 48.5 Å². The lowest BCUT2D eigenvalue weighted by Crippen LogP contribution is -2.23. The van der Waals surface area contributed by atoms with Gasteiger partial charge in [-0.2, -0.15) is 0 Å². The second-order valence-corrected chi connectivity index (χ2v) is 5.68. The molecule has 3 nitrogen and oxygen atoms in total. The van der Waals surface area contributed by atoms with Crippen molar-refractivity contribution < 1.29 is 9.59 Å². The van der Waals surface area contributed by atoms with Crippen LogP contribution < -0.4 is 4.90 Å². The second-order valence-electron chi connectivity index (χ2n) is 5.68. The third kappa shape index (κ3) is 2.43. The third-order valence-electron chi connectivity index (χ3n) is 4.36. The zero-order valence-electron chi connectivity index (χ0n) is 12.9. The zero-order valence-corrected chi connectivity index (χ0v) is 12.9. The minimum absolute atomic E-state index is 0.0426. The fraction of sp³-hybridized carbons (Fsp3) is 0.263. The van der Waals surface area contributed by atoms with E-state index in [9.17, 15) is 9.59 Å². The van der Waals surface area contributed by atoms with E-state index in [1.807, 2.05) is 62.4 Å². The van der Waals surface area contributed by atoms with E-state index < -0.39 is 0 Å². The van der Waals surface area contributed by atoms with E-state index in [1.165, 1.54) is 0 Å². The number of hydrogen-bond donors (Lipinski definition) is 0. The maximum Gasteiger partial charge on any atom is 0.258 e. The molecule has 0 aromatic heterocycles. The lowest BCUT2D eigenvalue weighted by molar-refractivity contribution is -0.119. The Bertz CT molecular complexity index is 718. The first-order valence-corrected chi connectivity index (χ1v) is 7.64. The van der Waals surface area contributed by atoms with Gasteiger partial charge in [-0.05, 0) is 29.3 Å². The van der Waals surface area contributed by atoms with Gasteiger partial charge in [0.1, 0.15) is 5.78 Å². The Morgan fingerprint density at radius 3 is 2.45 bits per heavy atom. The molecular formula is C19H19NO2. The van der Waals surface area contributed by atoms with Crippen LogP contribution in [-0.2, 0) is 11.3 Å². The molecule has 0 bridgehead atoms. The molecule has 0 aliphatic carbocycles. The minimum atomic E-state index is -0.0921. The van der Waals surface area contributed by atoms with E-state index in [2.05, 4.69) is 0 Å². The molecule has 0 radical (unpaired) electrons. The fourth-order valence-electron chi connectivity index (χ4n) is 2.90. The number of hydrogen-bond acceptors (Lipinski definition) is 2. The molecule has 0 saturated carbocycles. The van der Waals surface area contributed by atoms with Gasteiger partial charge in [-0.1, -0.05) is 44.2 Å². The molecule has 0 spiro atoms. The molecule has 3 heteroatoms. The molecule has 1 amide bonds. The number of amides is 1. The number of rotatable bonds is 4. The zero-order chi connectivity index (χ0) is 15.7. The van der Waals surface area contributed by atoms with Crippen LogP contribution in [0.5, 0.6) is 0 Å². The topological polar surface area (TPSA) is 37.4 Å². The summed E-state index contributed by atoms with van der Waals surface area (Å²) in [6.45, 7) is 4.42. The fourth-order valence-corrected chi connectivity index (χ4v) is 2.90. The summed E-state index contributed by atoms with van der Waals surface area (Å²) in [4.78, 5) is 26.0. The number of ketones is 1. The molecule has 1 aliphatic heterocycles. The number of carbonyl (C=O) groups is 2. The Balaban J connectivity index is 1.83. The summed E-state index contributed by atoms with van der Waals surface area (Å²) in [5, 5.41) is 0. The quantitative estimate of drug-likeness (QED) is 0.856. The Morgan fingerprint density at radius 2 is 1.82 bits per heavy atom. The van der Waals surface area contributed by atoms with E-state index in [-0.39, 0.29) is 17.6 Å². The highest BCUT2D eigenvalue weighted by Crippen LogP contribution is 2.29. The maximum absolute atomic E-state index is 12.4. The van der Waals surface area contributed by atoms with Gasteiger partial charge in [0.2, 0.25) is 0 Å². The van der Waals surface area contributed by atoms with Gasteiger partial charge in [-0.3, -0.25) is 9.59 Å². The van der Waals surface area contributed by atoms with Crippen molar-refractivity contribution >= 4 is 17.4 Å². The van der Waals surface area contributed by atoms with Crippen LogP contribution in [0.3, 0.4) is 0 Å². The van der Waals surface area contributed by atoms with Crippen molar-refractivity contribution in [3.63, 3.8) is 0 Å². The second kappa shape index (κ2) is 5.76. The van der Waals surface area contributed by atoms with Crippen LogP contribution in [0.2, 0.25) is 0 Å².